The summed E-state index contributed by atoms with van der Waals surface area (Å²) in [7, 11) is 0. The number of ether oxygens (including phenoxy) is 1. The zero-order valence-corrected chi connectivity index (χ0v) is 11.1. The first-order valence-corrected chi connectivity index (χ1v) is 6.29. The molecule has 1 amide bonds. The molecule has 0 unspecified atom stereocenters. The lowest BCUT2D eigenvalue weighted by Gasteiger charge is -2.12. The molecule has 0 saturated carbocycles. The van der Waals surface area contributed by atoms with Crippen LogP contribution in [0.4, 0.5) is 10.5 Å². The van der Waals surface area contributed by atoms with Crippen LogP contribution in [0.25, 0.3) is 10.8 Å². The second kappa shape index (κ2) is 6.05. The number of benzene rings is 2. The number of nitrogens with one attached hydrogen (secondary N) is 1. The van der Waals surface area contributed by atoms with E-state index >= 15 is 0 Å². The molecule has 2 rings (SSSR count). The van der Waals surface area contributed by atoms with Crippen LogP contribution in [0.1, 0.15) is 13.8 Å². The molecule has 0 aliphatic heterocycles. The van der Waals surface area contributed by atoms with Gasteiger partial charge in [0.1, 0.15) is 6.10 Å². The molecule has 2 aromatic carbocycles. The Kier molecular flexibility index (Phi) is 4.18. The van der Waals surface area contributed by atoms with E-state index in [-0.39, 0.29) is 6.10 Å². The maximum absolute atomic E-state index is 11.8. The fourth-order valence-electron chi connectivity index (χ4n) is 1.95. The molecule has 0 aliphatic carbocycles. The second-order valence-corrected chi connectivity index (χ2v) is 4.29. The van der Waals surface area contributed by atoms with Crippen molar-refractivity contribution in [3.05, 3.63) is 54.6 Å². The Bertz CT molecular complexity index is 599. The predicted octanol–water partition coefficient (Wildman–Crippen LogP) is 4.35. The first-order chi connectivity index (χ1) is 9.20. The summed E-state index contributed by atoms with van der Waals surface area (Å²) in [6, 6.07) is 13.7. The van der Waals surface area contributed by atoms with E-state index in [1.54, 1.807) is 0 Å². The fraction of sp³-hybridized carbons (Fsp3) is 0.188. The Hall–Kier alpha value is -2.29. The first kappa shape index (κ1) is 13.1. The number of amides is 1. The maximum atomic E-state index is 11.8. The summed E-state index contributed by atoms with van der Waals surface area (Å²) in [5, 5.41) is 4.86. The SMILES string of the molecule is C/C=C/[C@@H](C)OC(=O)Nc1cccc2ccccc12. The van der Waals surface area contributed by atoms with Gasteiger partial charge in [-0.05, 0) is 31.4 Å². The standard InChI is InChI=1S/C16H17NO2/c1-3-7-12(2)19-16(18)17-15-11-6-9-13-8-4-5-10-14(13)15/h3-12H,1-2H3,(H,17,18)/b7-3+/t12-/m1/s1. The van der Waals surface area contributed by atoms with Crippen LogP contribution in [0.2, 0.25) is 0 Å². The van der Waals surface area contributed by atoms with Gasteiger partial charge in [-0.1, -0.05) is 42.5 Å². The molecule has 1 atom stereocenters. The molecule has 0 bridgehead atoms. The van der Waals surface area contributed by atoms with Gasteiger partial charge < -0.3 is 4.74 Å². The zero-order chi connectivity index (χ0) is 13.7. The van der Waals surface area contributed by atoms with E-state index in [0.29, 0.717) is 0 Å². The van der Waals surface area contributed by atoms with Crippen molar-refractivity contribution in [2.24, 2.45) is 0 Å². The van der Waals surface area contributed by atoms with Crippen molar-refractivity contribution in [2.45, 2.75) is 20.0 Å². The van der Waals surface area contributed by atoms with E-state index in [1.165, 1.54) is 0 Å². The number of allylic oxidation sites excluding steroid dienone is 1. The number of hydrogen-bond donors (Lipinski definition) is 1. The van der Waals surface area contributed by atoms with E-state index in [4.69, 9.17) is 4.74 Å². The smallest absolute Gasteiger partial charge is 0.412 e. The van der Waals surface area contributed by atoms with Crippen LogP contribution in [0.5, 0.6) is 0 Å². The van der Waals surface area contributed by atoms with Crippen LogP contribution < -0.4 is 5.32 Å². The third-order valence-corrected chi connectivity index (χ3v) is 2.78. The first-order valence-electron chi connectivity index (χ1n) is 6.29. The molecule has 2 aromatic rings. The number of fused-ring (bicyclic) bond motifs is 1. The molecule has 0 fully saturated rings. The highest BCUT2D eigenvalue weighted by Crippen LogP contribution is 2.23. The van der Waals surface area contributed by atoms with Crippen molar-refractivity contribution < 1.29 is 9.53 Å². The number of carbonyl (C=O) groups excluding carboxylic acids is 1. The minimum Gasteiger partial charge on any atom is -0.442 e. The average molecular weight is 255 g/mol. The van der Waals surface area contributed by atoms with E-state index in [1.807, 2.05) is 68.5 Å². The molecule has 0 spiro atoms. The highest BCUT2D eigenvalue weighted by molar-refractivity contribution is 6.00. The lowest BCUT2D eigenvalue weighted by molar-refractivity contribution is 0.142. The van der Waals surface area contributed by atoms with Crippen molar-refractivity contribution in [1.29, 1.82) is 0 Å². The van der Waals surface area contributed by atoms with Gasteiger partial charge in [0.2, 0.25) is 0 Å². The highest BCUT2D eigenvalue weighted by Gasteiger charge is 2.08. The number of anilines is 1. The molecule has 3 nitrogen and oxygen atoms in total. The van der Waals surface area contributed by atoms with Crippen LogP contribution in [-0.2, 0) is 4.74 Å². The summed E-state index contributed by atoms with van der Waals surface area (Å²) >= 11 is 0. The Balaban J connectivity index is 2.15. The summed E-state index contributed by atoms with van der Waals surface area (Å²) in [4.78, 5) is 11.8. The minimum atomic E-state index is -0.443. The highest BCUT2D eigenvalue weighted by atomic mass is 16.6. The minimum absolute atomic E-state index is 0.236. The predicted molar refractivity (Wildman–Crippen MR) is 78.3 cm³/mol. The molecule has 19 heavy (non-hydrogen) atoms. The summed E-state index contributed by atoms with van der Waals surface area (Å²) < 4.78 is 5.21. The van der Waals surface area contributed by atoms with E-state index in [9.17, 15) is 4.79 Å². The number of carbonyl (C=O) groups is 1. The second-order valence-electron chi connectivity index (χ2n) is 4.29. The van der Waals surface area contributed by atoms with Gasteiger partial charge in [-0.2, -0.15) is 0 Å². The van der Waals surface area contributed by atoms with Crippen LogP contribution in [0, 0.1) is 0 Å². The maximum Gasteiger partial charge on any atom is 0.412 e. The van der Waals surface area contributed by atoms with Crippen LogP contribution in [0.15, 0.2) is 54.6 Å². The molecule has 0 radical (unpaired) electrons. The van der Waals surface area contributed by atoms with E-state index < -0.39 is 6.09 Å². The van der Waals surface area contributed by atoms with Gasteiger partial charge in [0, 0.05) is 5.39 Å². The van der Waals surface area contributed by atoms with Crippen molar-refractivity contribution in [1.82, 2.24) is 0 Å². The largest absolute Gasteiger partial charge is 0.442 e. The lowest BCUT2D eigenvalue weighted by Crippen LogP contribution is -2.18. The van der Waals surface area contributed by atoms with Gasteiger partial charge in [-0.3, -0.25) is 5.32 Å². The quantitative estimate of drug-likeness (QED) is 0.828. The Morgan fingerprint density at radius 3 is 2.74 bits per heavy atom. The van der Waals surface area contributed by atoms with Gasteiger partial charge in [0.05, 0.1) is 5.69 Å². The zero-order valence-electron chi connectivity index (χ0n) is 11.1. The van der Waals surface area contributed by atoms with Crippen LogP contribution >= 0.6 is 0 Å². The molecule has 0 saturated heterocycles. The fourth-order valence-corrected chi connectivity index (χ4v) is 1.95. The monoisotopic (exact) mass is 255 g/mol. The van der Waals surface area contributed by atoms with Crippen LogP contribution in [-0.4, -0.2) is 12.2 Å². The molecule has 3 heteroatoms. The number of rotatable bonds is 3. The van der Waals surface area contributed by atoms with E-state index in [0.717, 1.165) is 16.5 Å². The molecular weight excluding hydrogens is 238 g/mol. The van der Waals surface area contributed by atoms with Crippen LogP contribution in [0.3, 0.4) is 0 Å². The molecular formula is C16H17NO2. The normalized spacial score (nSPS) is 12.5. The van der Waals surface area contributed by atoms with Gasteiger partial charge >= 0.3 is 6.09 Å². The lowest BCUT2D eigenvalue weighted by atomic mass is 10.1. The Labute approximate surface area is 112 Å². The molecule has 0 aromatic heterocycles. The van der Waals surface area contributed by atoms with Gasteiger partial charge in [0.15, 0.2) is 0 Å². The topological polar surface area (TPSA) is 38.3 Å². The van der Waals surface area contributed by atoms with Crippen molar-refractivity contribution >= 4 is 22.6 Å². The van der Waals surface area contributed by atoms with Gasteiger partial charge in [0.25, 0.3) is 0 Å². The summed E-state index contributed by atoms with van der Waals surface area (Å²) in [5.41, 5.74) is 0.760. The summed E-state index contributed by atoms with van der Waals surface area (Å²) in [6.45, 7) is 3.71. The Morgan fingerprint density at radius 2 is 1.95 bits per heavy atom. The van der Waals surface area contributed by atoms with E-state index in [2.05, 4.69) is 5.32 Å². The average Bonchev–Trinajstić information content (AvgIpc) is 2.39. The van der Waals surface area contributed by atoms with Gasteiger partial charge in [-0.25, -0.2) is 4.79 Å². The summed E-state index contributed by atoms with van der Waals surface area (Å²) in [5.74, 6) is 0. The number of hydrogen-bond acceptors (Lipinski definition) is 2. The molecule has 1 N–H and O–H groups in total. The van der Waals surface area contributed by atoms with Crippen molar-refractivity contribution in [2.75, 3.05) is 5.32 Å². The molecule has 0 heterocycles. The third-order valence-electron chi connectivity index (χ3n) is 2.78. The molecule has 98 valence electrons. The Morgan fingerprint density at radius 1 is 1.21 bits per heavy atom. The third kappa shape index (κ3) is 3.35. The van der Waals surface area contributed by atoms with Crippen molar-refractivity contribution in [3.63, 3.8) is 0 Å². The summed E-state index contributed by atoms with van der Waals surface area (Å²) in [6.07, 6.45) is 3.00. The molecule has 0 aliphatic rings. The van der Waals surface area contributed by atoms with Crippen molar-refractivity contribution in [3.8, 4) is 0 Å². The van der Waals surface area contributed by atoms with Gasteiger partial charge in [-0.15, -0.1) is 0 Å².